The van der Waals surface area contributed by atoms with E-state index in [9.17, 15) is 28.2 Å². The first-order chi connectivity index (χ1) is 13.6. The van der Waals surface area contributed by atoms with Crippen LogP contribution in [0.15, 0.2) is 53.4 Å². The Labute approximate surface area is 166 Å². The fraction of sp³-hybridized carbons (Fsp3) is 0.222. The van der Waals surface area contributed by atoms with Gasteiger partial charge in [-0.1, -0.05) is 0 Å². The maximum Gasteiger partial charge on any atom is 0.278 e. The van der Waals surface area contributed by atoms with Gasteiger partial charge >= 0.3 is 0 Å². The van der Waals surface area contributed by atoms with E-state index in [0.717, 1.165) is 0 Å². The topological polar surface area (TPSA) is 162 Å². The summed E-state index contributed by atoms with van der Waals surface area (Å²) in [4.78, 5) is 23.9. The fourth-order valence-electron chi connectivity index (χ4n) is 2.42. The van der Waals surface area contributed by atoms with E-state index in [1.807, 2.05) is 0 Å². The Hall–Kier alpha value is -3.15. The Morgan fingerprint density at radius 3 is 2.17 bits per heavy atom. The van der Waals surface area contributed by atoms with Crippen molar-refractivity contribution in [1.29, 1.82) is 0 Å². The Balaban J connectivity index is 2.20. The van der Waals surface area contributed by atoms with Crippen LogP contribution in [0.4, 0.5) is 0 Å². The summed E-state index contributed by atoms with van der Waals surface area (Å²) in [5.41, 5.74) is -1.34. The zero-order chi connectivity index (χ0) is 21.7. The van der Waals surface area contributed by atoms with Crippen LogP contribution in [0.1, 0.15) is 10.4 Å². The third-order valence-corrected chi connectivity index (χ3v) is 5.89. The molecule has 5 N–H and O–H groups in total. The minimum atomic E-state index is -4.18. The largest absolute Gasteiger partial charge is 0.508 e. The molecular weight excluding hydrogens is 404 g/mol. The molecule has 2 aromatic rings. The third-order valence-electron chi connectivity index (χ3n) is 4.04. The van der Waals surface area contributed by atoms with Crippen molar-refractivity contribution >= 4 is 21.7 Å². The van der Waals surface area contributed by atoms with Gasteiger partial charge < -0.3 is 20.3 Å². The second-order valence-electron chi connectivity index (χ2n) is 6.14. The highest BCUT2D eigenvalue weighted by Crippen LogP contribution is 2.20. The summed E-state index contributed by atoms with van der Waals surface area (Å²) >= 11 is 0. The molecule has 0 aliphatic heterocycles. The smallest absolute Gasteiger partial charge is 0.278 e. The number of nitrogens with one attached hydrogen (secondary N) is 2. The molecule has 0 bridgehead atoms. The van der Waals surface area contributed by atoms with Gasteiger partial charge in [0.05, 0.1) is 24.3 Å². The van der Waals surface area contributed by atoms with Gasteiger partial charge in [-0.05, 0) is 48.5 Å². The van der Waals surface area contributed by atoms with Crippen LogP contribution in [0.2, 0.25) is 0 Å². The van der Waals surface area contributed by atoms with E-state index in [1.165, 1.54) is 61.1 Å². The van der Waals surface area contributed by atoms with Gasteiger partial charge in [-0.3, -0.25) is 14.8 Å². The lowest BCUT2D eigenvalue weighted by molar-refractivity contribution is -0.146. The van der Waals surface area contributed by atoms with E-state index in [2.05, 4.69) is 5.32 Å². The lowest BCUT2D eigenvalue weighted by atomic mass is 10.1. The number of sulfone groups is 1. The molecule has 0 aromatic heterocycles. The third kappa shape index (κ3) is 5.44. The van der Waals surface area contributed by atoms with Crippen molar-refractivity contribution in [1.82, 2.24) is 10.8 Å². The van der Waals surface area contributed by atoms with Gasteiger partial charge in [0.1, 0.15) is 11.5 Å². The van der Waals surface area contributed by atoms with Crippen molar-refractivity contribution in [3.8, 4) is 11.5 Å². The van der Waals surface area contributed by atoms with Crippen LogP contribution >= 0.6 is 0 Å². The summed E-state index contributed by atoms with van der Waals surface area (Å²) in [7, 11) is -2.77. The maximum absolute atomic E-state index is 12.6. The zero-order valence-electron chi connectivity index (χ0n) is 15.3. The van der Waals surface area contributed by atoms with Gasteiger partial charge in [-0.2, -0.15) is 0 Å². The number of aliphatic hydroxyl groups is 1. The molecule has 0 aliphatic rings. The number of hydrogen-bond acceptors (Lipinski definition) is 8. The van der Waals surface area contributed by atoms with E-state index in [0.29, 0.717) is 5.75 Å². The number of phenols is 1. The number of benzene rings is 2. The molecule has 0 saturated heterocycles. The SMILES string of the molecule is COc1ccc(S(=O)(=O)CC(O)(CNC(=O)c2ccc(O)cc2)C(=O)NO)cc1. The standard InChI is InChI=1S/C18H20N2O8S/c1-28-14-6-8-15(9-7-14)29(26,27)11-18(24,17(23)20-25)10-19-16(22)12-2-4-13(21)5-3-12/h2-9,21,24-25H,10-11H2,1H3,(H,19,22)(H,20,23). The van der Waals surface area contributed by atoms with Crippen LogP contribution in [0.25, 0.3) is 0 Å². The monoisotopic (exact) mass is 424 g/mol. The molecule has 29 heavy (non-hydrogen) atoms. The Morgan fingerprint density at radius 1 is 1.07 bits per heavy atom. The molecule has 0 spiro atoms. The molecule has 2 rings (SSSR count). The quantitative estimate of drug-likeness (QED) is 0.288. The summed E-state index contributed by atoms with van der Waals surface area (Å²) in [5, 5.41) is 31.0. The number of phenolic OH excluding ortho intramolecular Hbond substituents is 1. The van der Waals surface area contributed by atoms with Gasteiger partial charge in [0.2, 0.25) is 0 Å². The highest BCUT2D eigenvalue weighted by atomic mass is 32.2. The maximum atomic E-state index is 12.6. The van der Waals surface area contributed by atoms with Crippen LogP contribution in [0.5, 0.6) is 11.5 Å². The van der Waals surface area contributed by atoms with Gasteiger partial charge in [-0.25, -0.2) is 13.9 Å². The molecule has 2 aromatic carbocycles. The van der Waals surface area contributed by atoms with Crippen molar-refractivity contribution in [2.45, 2.75) is 10.5 Å². The minimum absolute atomic E-state index is 0.0664. The molecule has 1 unspecified atom stereocenters. The molecular formula is C18H20N2O8S. The molecule has 156 valence electrons. The number of aromatic hydroxyl groups is 1. The van der Waals surface area contributed by atoms with Crippen molar-refractivity contribution < 1.29 is 38.2 Å². The van der Waals surface area contributed by atoms with Crippen LogP contribution in [-0.2, 0) is 14.6 Å². The molecule has 0 heterocycles. The first-order valence-electron chi connectivity index (χ1n) is 8.22. The molecule has 10 nitrogen and oxygen atoms in total. The summed E-state index contributed by atoms with van der Waals surface area (Å²) in [6.07, 6.45) is 0. The molecule has 0 saturated carbocycles. The molecule has 0 radical (unpaired) electrons. The number of hydroxylamine groups is 1. The van der Waals surface area contributed by atoms with E-state index >= 15 is 0 Å². The normalized spacial score (nSPS) is 13.2. The molecule has 1 atom stereocenters. The minimum Gasteiger partial charge on any atom is -0.508 e. The van der Waals surface area contributed by atoms with Crippen LogP contribution < -0.4 is 15.5 Å². The van der Waals surface area contributed by atoms with Crippen LogP contribution in [-0.4, -0.2) is 60.7 Å². The Kier molecular flexibility index (Phi) is 6.80. The first kappa shape index (κ1) is 22.1. The number of ether oxygens (including phenoxy) is 1. The predicted octanol–water partition coefficient (Wildman–Crippen LogP) is -0.159. The average Bonchev–Trinajstić information content (AvgIpc) is 2.71. The average molecular weight is 424 g/mol. The van der Waals surface area contributed by atoms with Gasteiger partial charge in [0.25, 0.3) is 11.8 Å². The van der Waals surface area contributed by atoms with Crippen LogP contribution in [0.3, 0.4) is 0 Å². The molecule has 0 fully saturated rings. The highest BCUT2D eigenvalue weighted by Gasteiger charge is 2.41. The first-order valence-corrected chi connectivity index (χ1v) is 9.87. The summed E-state index contributed by atoms with van der Waals surface area (Å²) < 4.78 is 30.2. The van der Waals surface area contributed by atoms with E-state index in [-0.39, 0.29) is 16.2 Å². The number of carbonyl (C=O) groups excluding carboxylic acids is 2. The van der Waals surface area contributed by atoms with Crippen molar-refractivity contribution in [3.63, 3.8) is 0 Å². The zero-order valence-corrected chi connectivity index (χ0v) is 16.1. The summed E-state index contributed by atoms with van der Waals surface area (Å²) in [6.45, 7) is -0.797. The fourth-order valence-corrected chi connectivity index (χ4v) is 4.00. The highest BCUT2D eigenvalue weighted by molar-refractivity contribution is 7.91. The Bertz CT molecular complexity index is 974. The number of carbonyl (C=O) groups is 2. The van der Waals surface area contributed by atoms with E-state index in [1.54, 1.807) is 0 Å². The lowest BCUT2D eigenvalue weighted by Crippen LogP contribution is -2.57. The Morgan fingerprint density at radius 2 is 1.66 bits per heavy atom. The predicted molar refractivity (Wildman–Crippen MR) is 100 cm³/mol. The molecule has 11 heteroatoms. The van der Waals surface area contributed by atoms with Crippen molar-refractivity contribution in [3.05, 3.63) is 54.1 Å². The van der Waals surface area contributed by atoms with Gasteiger partial charge in [0.15, 0.2) is 15.4 Å². The number of rotatable bonds is 8. The van der Waals surface area contributed by atoms with Crippen molar-refractivity contribution in [2.24, 2.45) is 0 Å². The van der Waals surface area contributed by atoms with E-state index in [4.69, 9.17) is 9.94 Å². The van der Waals surface area contributed by atoms with Gasteiger partial charge in [0, 0.05) is 5.56 Å². The lowest BCUT2D eigenvalue weighted by Gasteiger charge is -2.25. The number of methoxy groups -OCH3 is 1. The second-order valence-corrected chi connectivity index (χ2v) is 8.13. The number of hydrogen-bond donors (Lipinski definition) is 5. The molecule has 0 aliphatic carbocycles. The second kappa shape index (κ2) is 8.90. The summed E-state index contributed by atoms with van der Waals surface area (Å²) in [6, 6.07) is 10.4. The van der Waals surface area contributed by atoms with Crippen LogP contribution in [0, 0.1) is 0 Å². The van der Waals surface area contributed by atoms with Crippen molar-refractivity contribution in [2.75, 3.05) is 19.4 Å². The van der Waals surface area contributed by atoms with E-state index < -0.39 is 39.6 Å². The summed E-state index contributed by atoms with van der Waals surface area (Å²) in [5.74, 6) is -2.89. The van der Waals surface area contributed by atoms with Gasteiger partial charge in [-0.15, -0.1) is 0 Å². The number of amides is 2. The molecule has 2 amide bonds.